The molecule has 1 heterocycles. The van der Waals surface area contributed by atoms with Crippen molar-refractivity contribution in [1.82, 2.24) is 9.80 Å². The molecule has 0 radical (unpaired) electrons. The number of likely N-dealkylation sites (tertiary alicyclic amines) is 1. The Hall–Kier alpha value is -1.43. The lowest BCUT2D eigenvalue weighted by Crippen LogP contribution is -2.58. The van der Waals surface area contributed by atoms with Crippen LogP contribution in [0.4, 0.5) is 0 Å². The molecule has 0 spiro atoms. The smallest absolute Gasteiger partial charge is 0.255 e. The van der Waals surface area contributed by atoms with Crippen LogP contribution in [0.1, 0.15) is 31.2 Å². The van der Waals surface area contributed by atoms with Crippen molar-refractivity contribution in [2.75, 3.05) is 39.8 Å². The quantitative estimate of drug-likeness (QED) is 0.744. The number of carbonyl (C=O) groups excluding carboxylic acids is 1. The third kappa shape index (κ3) is 4.40. The van der Waals surface area contributed by atoms with Crippen LogP contribution < -0.4 is 0 Å². The number of amides is 1. The first-order chi connectivity index (χ1) is 12.0. The van der Waals surface area contributed by atoms with Gasteiger partial charge in [-0.3, -0.25) is 4.79 Å². The Kier molecular flexibility index (Phi) is 5.46. The number of likely N-dealkylation sites (N-methyl/N-ethyl adjacent to an activating group) is 1. The Balaban J connectivity index is 1.56. The third-order valence-electron chi connectivity index (χ3n) is 5.65. The molecule has 5 nitrogen and oxygen atoms in total. The number of hydrogen-bond donors (Lipinski definition) is 2. The second-order valence-electron chi connectivity index (χ2n) is 7.99. The summed E-state index contributed by atoms with van der Waals surface area (Å²) in [6, 6.07) is 10.1. The Morgan fingerprint density at radius 3 is 2.52 bits per heavy atom. The number of hydrogen-bond acceptors (Lipinski definition) is 4. The largest absolute Gasteiger partial charge is 0.396 e. The molecule has 2 fully saturated rings. The molecule has 1 saturated carbocycles. The fraction of sp³-hybridized carbons (Fsp3) is 0.650. The van der Waals surface area contributed by atoms with E-state index in [4.69, 9.17) is 0 Å². The zero-order chi connectivity index (χ0) is 17.9. The van der Waals surface area contributed by atoms with Gasteiger partial charge in [-0.1, -0.05) is 30.3 Å². The van der Waals surface area contributed by atoms with Crippen LogP contribution in [0.15, 0.2) is 30.3 Å². The fourth-order valence-electron chi connectivity index (χ4n) is 3.95. The molecule has 0 unspecified atom stereocenters. The third-order valence-corrected chi connectivity index (χ3v) is 5.65. The molecule has 5 heteroatoms. The van der Waals surface area contributed by atoms with E-state index in [9.17, 15) is 15.0 Å². The van der Waals surface area contributed by atoms with Gasteiger partial charge >= 0.3 is 0 Å². The minimum Gasteiger partial charge on any atom is -0.396 e. The Morgan fingerprint density at radius 1 is 1.16 bits per heavy atom. The molecular formula is C20H30N2O3. The average Bonchev–Trinajstić information content (AvgIpc) is 3.37. The zero-order valence-corrected chi connectivity index (χ0v) is 15.2. The van der Waals surface area contributed by atoms with E-state index in [1.54, 1.807) is 0 Å². The standard InChI is InChI=1S/C20H30N2O3/c1-21(14-19(16-23)10-11-19)15-20(25)9-5-12-22(18(20)24)13-8-17-6-3-2-4-7-17/h2-4,6-7,23,25H,5,8-16H2,1H3/t20-/m1/s1. The number of aliphatic hydroxyl groups excluding tert-OH is 1. The summed E-state index contributed by atoms with van der Waals surface area (Å²) in [6.45, 7) is 2.64. The van der Waals surface area contributed by atoms with Crippen LogP contribution >= 0.6 is 0 Å². The number of benzene rings is 1. The fourth-order valence-corrected chi connectivity index (χ4v) is 3.95. The van der Waals surface area contributed by atoms with Crippen LogP contribution in [0.25, 0.3) is 0 Å². The molecule has 2 aliphatic rings. The van der Waals surface area contributed by atoms with E-state index in [1.807, 2.05) is 35.0 Å². The van der Waals surface area contributed by atoms with Gasteiger partial charge in [0.05, 0.1) is 0 Å². The van der Waals surface area contributed by atoms with E-state index < -0.39 is 5.60 Å². The summed E-state index contributed by atoms with van der Waals surface area (Å²) in [5.41, 5.74) is -0.0921. The highest BCUT2D eigenvalue weighted by atomic mass is 16.3. The highest BCUT2D eigenvalue weighted by Crippen LogP contribution is 2.45. The lowest BCUT2D eigenvalue weighted by Gasteiger charge is -2.40. The number of piperidine rings is 1. The maximum Gasteiger partial charge on any atom is 0.255 e. The highest BCUT2D eigenvalue weighted by Gasteiger charge is 2.46. The molecule has 0 bridgehead atoms. The van der Waals surface area contributed by atoms with Crippen LogP contribution in [0.2, 0.25) is 0 Å². The minimum atomic E-state index is -1.30. The van der Waals surface area contributed by atoms with E-state index >= 15 is 0 Å². The molecule has 1 atom stereocenters. The molecule has 1 aromatic carbocycles. The van der Waals surface area contributed by atoms with Crippen molar-refractivity contribution in [1.29, 1.82) is 0 Å². The van der Waals surface area contributed by atoms with Crippen molar-refractivity contribution in [2.24, 2.45) is 5.41 Å². The summed E-state index contributed by atoms with van der Waals surface area (Å²) in [7, 11) is 1.93. The first-order valence-corrected chi connectivity index (χ1v) is 9.32. The van der Waals surface area contributed by atoms with Gasteiger partial charge in [-0.05, 0) is 44.7 Å². The summed E-state index contributed by atoms with van der Waals surface area (Å²) in [6.07, 6.45) is 4.22. The summed E-state index contributed by atoms with van der Waals surface area (Å²) in [5.74, 6) is -0.143. The van der Waals surface area contributed by atoms with Gasteiger partial charge in [-0.2, -0.15) is 0 Å². The van der Waals surface area contributed by atoms with Gasteiger partial charge in [-0.25, -0.2) is 0 Å². The lowest BCUT2D eigenvalue weighted by atomic mass is 9.90. The van der Waals surface area contributed by atoms with Crippen molar-refractivity contribution < 1.29 is 15.0 Å². The summed E-state index contributed by atoms with van der Waals surface area (Å²) < 4.78 is 0. The Morgan fingerprint density at radius 2 is 1.88 bits per heavy atom. The molecule has 138 valence electrons. The molecule has 1 amide bonds. The van der Waals surface area contributed by atoms with Gasteiger partial charge < -0.3 is 20.0 Å². The molecule has 25 heavy (non-hydrogen) atoms. The maximum atomic E-state index is 12.9. The predicted octanol–water partition coefficient (Wildman–Crippen LogP) is 1.29. The average molecular weight is 346 g/mol. The van der Waals surface area contributed by atoms with E-state index in [-0.39, 0.29) is 17.9 Å². The van der Waals surface area contributed by atoms with Gasteiger partial charge in [0.15, 0.2) is 5.60 Å². The van der Waals surface area contributed by atoms with Crippen molar-refractivity contribution in [3.05, 3.63) is 35.9 Å². The van der Waals surface area contributed by atoms with Gasteiger partial charge in [0.2, 0.25) is 0 Å². The highest BCUT2D eigenvalue weighted by molar-refractivity contribution is 5.86. The van der Waals surface area contributed by atoms with Gasteiger partial charge in [-0.15, -0.1) is 0 Å². The van der Waals surface area contributed by atoms with Crippen molar-refractivity contribution in [2.45, 2.75) is 37.7 Å². The van der Waals surface area contributed by atoms with Crippen molar-refractivity contribution in [3.63, 3.8) is 0 Å². The molecule has 1 saturated heterocycles. The number of nitrogens with zero attached hydrogens (tertiary/aromatic N) is 2. The second kappa shape index (κ2) is 7.44. The summed E-state index contributed by atoms with van der Waals surface area (Å²) in [4.78, 5) is 16.7. The van der Waals surface area contributed by atoms with E-state index in [0.29, 0.717) is 19.5 Å². The van der Waals surface area contributed by atoms with Crippen LogP contribution in [0.5, 0.6) is 0 Å². The number of aliphatic hydroxyl groups is 2. The molecule has 0 aromatic heterocycles. The topological polar surface area (TPSA) is 64.0 Å². The van der Waals surface area contributed by atoms with E-state index in [1.165, 1.54) is 5.56 Å². The van der Waals surface area contributed by atoms with Gasteiger partial charge in [0, 0.05) is 38.2 Å². The van der Waals surface area contributed by atoms with Crippen molar-refractivity contribution in [3.8, 4) is 0 Å². The van der Waals surface area contributed by atoms with Crippen LogP contribution in [-0.2, 0) is 11.2 Å². The van der Waals surface area contributed by atoms with Crippen LogP contribution in [0.3, 0.4) is 0 Å². The predicted molar refractivity (Wildman–Crippen MR) is 97.2 cm³/mol. The molecule has 1 aliphatic heterocycles. The SMILES string of the molecule is CN(CC1(CO)CC1)C[C@]1(O)CCCN(CCc2ccccc2)C1=O. The lowest BCUT2D eigenvalue weighted by molar-refractivity contribution is -0.159. The maximum absolute atomic E-state index is 12.9. The van der Waals surface area contributed by atoms with Crippen LogP contribution in [-0.4, -0.2) is 71.4 Å². The van der Waals surface area contributed by atoms with Gasteiger partial charge in [0.1, 0.15) is 0 Å². The van der Waals surface area contributed by atoms with Gasteiger partial charge in [0.25, 0.3) is 5.91 Å². The molecular weight excluding hydrogens is 316 g/mol. The van der Waals surface area contributed by atoms with Crippen LogP contribution in [0, 0.1) is 5.41 Å². The molecule has 1 aliphatic carbocycles. The minimum absolute atomic E-state index is 0.00415. The van der Waals surface area contributed by atoms with Crippen molar-refractivity contribution >= 4 is 5.91 Å². The molecule has 3 rings (SSSR count). The molecule has 1 aromatic rings. The van der Waals surface area contributed by atoms with E-state index in [2.05, 4.69) is 12.1 Å². The van der Waals surface area contributed by atoms with E-state index in [0.717, 1.165) is 38.8 Å². The number of carbonyl (C=O) groups is 1. The Bertz CT molecular complexity index is 588. The second-order valence-corrected chi connectivity index (χ2v) is 7.99. The number of rotatable bonds is 8. The summed E-state index contributed by atoms with van der Waals surface area (Å²) >= 11 is 0. The zero-order valence-electron chi connectivity index (χ0n) is 15.2. The monoisotopic (exact) mass is 346 g/mol. The normalized spacial score (nSPS) is 25.4. The first-order valence-electron chi connectivity index (χ1n) is 9.32. The summed E-state index contributed by atoms with van der Waals surface area (Å²) in [5, 5.41) is 20.5. The molecule has 2 N–H and O–H groups in total. The first kappa shape index (κ1) is 18.4. The Labute approximate surface area is 150 Å².